The highest BCUT2D eigenvalue weighted by Gasteiger charge is 2.31. The number of rotatable bonds is 9. The predicted molar refractivity (Wildman–Crippen MR) is 150 cm³/mol. The second kappa shape index (κ2) is 12.3. The van der Waals surface area contributed by atoms with E-state index < -0.39 is 18.1 Å². The Morgan fingerprint density at radius 1 is 1.10 bits per heavy atom. The van der Waals surface area contributed by atoms with Crippen LogP contribution in [0.3, 0.4) is 0 Å². The Morgan fingerprint density at radius 2 is 1.93 bits per heavy atom. The van der Waals surface area contributed by atoms with E-state index in [-0.39, 0.29) is 23.5 Å². The van der Waals surface area contributed by atoms with Gasteiger partial charge < -0.3 is 19.5 Å². The zero-order chi connectivity index (χ0) is 28.1. The van der Waals surface area contributed by atoms with E-state index in [0.717, 1.165) is 36.8 Å². The lowest BCUT2D eigenvalue weighted by Gasteiger charge is -2.29. The number of amides is 2. The fourth-order valence-corrected chi connectivity index (χ4v) is 4.86. The van der Waals surface area contributed by atoms with Gasteiger partial charge in [0.1, 0.15) is 11.8 Å². The molecule has 0 radical (unpaired) electrons. The minimum Gasteiger partial charge on any atom is -0.493 e. The molecule has 5 rings (SSSR count). The molecule has 208 valence electrons. The molecule has 1 atom stereocenters. The Kier molecular flexibility index (Phi) is 8.45. The summed E-state index contributed by atoms with van der Waals surface area (Å²) >= 11 is 5.75. The average Bonchev–Trinajstić information content (AvgIpc) is 3.47. The molecule has 1 aliphatic carbocycles. The van der Waals surface area contributed by atoms with Crippen LogP contribution in [-0.4, -0.2) is 52.2 Å². The number of hydrogen-bond donors (Lipinski definition) is 1. The first-order chi connectivity index (χ1) is 19.4. The van der Waals surface area contributed by atoms with Crippen molar-refractivity contribution in [3.05, 3.63) is 76.6 Å². The summed E-state index contributed by atoms with van der Waals surface area (Å²) in [7, 11) is 1.62. The van der Waals surface area contributed by atoms with Crippen molar-refractivity contribution >= 4 is 35.0 Å². The number of anilines is 1. The van der Waals surface area contributed by atoms with Crippen LogP contribution in [0.1, 0.15) is 60.6 Å². The van der Waals surface area contributed by atoms with Gasteiger partial charge in [-0.2, -0.15) is 10.1 Å². The van der Waals surface area contributed by atoms with Gasteiger partial charge in [0.25, 0.3) is 5.91 Å². The first-order valence-corrected chi connectivity index (χ1v) is 13.6. The number of carbonyl (C=O) groups is 2. The maximum atomic E-state index is 12.9. The maximum absolute atomic E-state index is 12.9. The van der Waals surface area contributed by atoms with Gasteiger partial charge in [0.2, 0.25) is 0 Å². The summed E-state index contributed by atoms with van der Waals surface area (Å²) < 4.78 is 17.6. The average molecular weight is 564 g/mol. The summed E-state index contributed by atoms with van der Waals surface area (Å²) in [5.74, 6) is 0.874. The molecule has 1 aliphatic heterocycles. The lowest BCUT2D eigenvalue weighted by Crippen LogP contribution is -2.41. The number of cyclic esters (lactones) is 1. The fourth-order valence-electron chi connectivity index (χ4n) is 4.76. The van der Waals surface area contributed by atoms with Crippen LogP contribution in [0, 0.1) is 0 Å². The summed E-state index contributed by atoms with van der Waals surface area (Å²) in [6, 6.07) is 15.8. The van der Waals surface area contributed by atoms with Crippen molar-refractivity contribution in [3.8, 4) is 11.5 Å². The molecule has 1 N–H and O–H groups in total. The zero-order valence-corrected chi connectivity index (χ0v) is 23.1. The largest absolute Gasteiger partial charge is 0.493 e. The van der Waals surface area contributed by atoms with Gasteiger partial charge in [-0.05, 0) is 80.1 Å². The van der Waals surface area contributed by atoms with E-state index in [2.05, 4.69) is 15.5 Å². The molecule has 0 saturated heterocycles. The number of carbonyl (C=O) groups excluding carboxylic acids is 2. The molecule has 1 aromatic heterocycles. The van der Waals surface area contributed by atoms with E-state index in [0.29, 0.717) is 29.3 Å². The van der Waals surface area contributed by atoms with E-state index in [1.54, 1.807) is 25.3 Å². The number of nitrogens with one attached hydrogen (secondary N) is 1. The maximum Gasteiger partial charge on any atom is 0.431 e. The van der Waals surface area contributed by atoms with Gasteiger partial charge in [-0.3, -0.25) is 4.79 Å². The van der Waals surface area contributed by atoms with Crippen LogP contribution in [0.5, 0.6) is 11.5 Å². The Labute approximate surface area is 237 Å². The number of halogens is 1. The molecule has 40 heavy (non-hydrogen) atoms. The summed E-state index contributed by atoms with van der Waals surface area (Å²) in [6.07, 6.45) is 4.03. The molecule has 2 aromatic carbocycles. The minimum atomic E-state index is -0.544. The van der Waals surface area contributed by atoms with Crippen LogP contribution >= 0.6 is 11.6 Å². The van der Waals surface area contributed by atoms with Crippen molar-refractivity contribution in [3.63, 3.8) is 0 Å². The number of benzene rings is 2. The highest BCUT2D eigenvalue weighted by molar-refractivity contribution is 6.29. The molecule has 2 amide bonds. The number of aromatic nitrogens is 2. The molecule has 2 heterocycles. The number of hydrazone groups is 1. The second-order valence-corrected chi connectivity index (χ2v) is 10.00. The van der Waals surface area contributed by atoms with Crippen molar-refractivity contribution < 1.29 is 23.8 Å². The third-order valence-electron chi connectivity index (χ3n) is 6.80. The van der Waals surface area contributed by atoms with Crippen molar-refractivity contribution in [2.24, 2.45) is 5.10 Å². The van der Waals surface area contributed by atoms with E-state index in [1.165, 1.54) is 17.1 Å². The lowest BCUT2D eigenvalue weighted by atomic mass is 10.0. The quantitative estimate of drug-likeness (QED) is 0.347. The minimum absolute atomic E-state index is 0.130. The molecule has 10 nitrogen and oxygen atoms in total. The second-order valence-electron chi connectivity index (χ2n) is 9.61. The van der Waals surface area contributed by atoms with Gasteiger partial charge in [-0.15, -0.1) is 10.2 Å². The molecule has 11 heteroatoms. The monoisotopic (exact) mass is 563 g/mol. The smallest absolute Gasteiger partial charge is 0.431 e. The van der Waals surface area contributed by atoms with Crippen LogP contribution in [0.2, 0.25) is 5.15 Å². The molecular formula is C29H30ClN5O5. The van der Waals surface area contributed by atoms with Gasteiger partial charge >= 0.3 is 6.09 Å². The van der Waals surface area contributed by atoms with E-state index in [1.807, 2.05) is 31.2 Å². The molecule has 1 saturated carbocycles. The van der Waals surface area contributed by atoms with Gasteiger partial charge in [-0.25, -0.2) is 4.79 Å². The number of nitrogens with zero attached hydrogens (tertiary/aromatic N) is 4. The summed E-state index contributed by atoms with van der Waals surface area (Å²) in [5.41, 5.74) is 2.83. The van der Waals surface area contributed by atoms with Crippen molar-refractivity contribution in [1.82, 2.24) is 15.2 Å². The van der Waals surface area contributed by atoms with Crippen LogP contribution in [0.15, 0.2) is 59.7 Å². The molecule has 0 bridgehead atoms. The zero-order valence-electron chi connectivity index (χ0n) is 22.3. The fraction of sp³-hybridized carbons (Fsp3) is 0.345. The first-order valence-electron chi connectivity index (χ1n) is 13.2. The summed E-state index contributed by atoms with van der Waals surface area (Å²) in [5, 5.41) is 16.5. The highest BCUT2D eigenvalue weighted by Crippen LogP contribution is 2.34. The molecule has 1 fully saturated rings. The van der Waals surface area contributed by atoms with E-state index in [4.69, 9.17) is 30.9 Å². The molecule has 0 spiro atoms. The molecule has 1 unspecified atom stereocenters. The number of hydrogen-bond acceptors (Lipinski definition) is 8. The van der Waals surface area contributed by atoms with Crippen LogP contribution in [0.25, 0.3) is 0 Å². The van der Waals surface area contributed by atoms with Gasteiger partial charge in [0.15, 0.2) is 22.3 Å². The summed E-state index contributed by atoms with van der Waals surface area (Å²) in [4.78, 5) is 25.4. The standard InChI is InChI=1S/C29H30ClN5O5/c1-3-23-27(19-11-13-24(38-2)25(16-19)39-21-9-4-5-10-21)34-35(29(37)40-23)17-18-7-6-8-20(15-18)31-28(36)22-12-14-26(30)33-32-22/h6-8,11-16,21,23H,3-5,9-10,17H2,1-2H3,(H,31,36). The third kappa shape index (κ3) is 6.34. The third-order valence-corrected chi connectivity index (χ3v) is 7.00. The van der Waals surface area contributed by atoms with Crippen molar-refractivity contribution in [2.75, 3.05) is 12.4 Å². The summed E-state index contributed by atoms with van der Waals surface area (Å²) in [6.45, 7) is 2.09. The Hall–Kier alpha value is -4.18. The lowest BCUT2D eigenvalue weighted by molar-refractivity contribution is 0.0712. The Morgan fingerprint density at radius 3 is 2.65 bits per heavy atom. The van der Waals surface area contributed by atoms with Gasteiger partial charge in [0.05, 0.1) is 19.8 Å². The van der Waals surface area contributed by atoms with Gasteiger partial charge in [0, 0.05) is 11.3 Å². The number of ether oxygens (including phenoxy) is 3. The molecule has 3 aromatic rings. The Bertz CT molecular complexity index is 1410. The van der Waals surface area contributed by atoms with Crippen LogP contribution < -0.4 is 14.8 Å². The van der Waals surface area contributed by atoms with E-state index >= 15 is 0 Å². The molecule has 2 aliphatic rings. The van der Waals surface area contributed by atoms with E-state index in [9.17, 15) is 9.59 Å². The van der Waals surface area contributed by atoms with Crippen molar-refractivity contribution in [1.29, 1.82) is 0 Å². The van der Waals surface area contributed by atoms with Crippen LogP contribution in [-0.2, 0) is 11.3 Å². The number of methoxy groups -OCH3 is 1. The predicted octanol–water partition coefficient (Wildman–Crippen LogP) is 5.85. The topological polar surface area (TPSA) is 115 Å². The van der Waals surface area contributed by atoms with Gasteiger partial charge in [-0.1, -0.05) is 30.7 Å². The Balaban J connectivity index is 1.36. The van der Waals surface area contributed by atoms with Crippen molar-refractivity contribution in [2.45, 2.75) is 57.8 Å². The van der Waals surface area contributed by atoms with Crippen LogP contribution in [0.4, 0.5) is 10.5 Å². The molecular weight excluding hydrogens is 534 g/mol. The normalized spacial score (nSPS) is 17.3. The SMILES string of the molecule is CCC1OC(=O)N(Cc2cccc(NC(=O)c3ccc(Cl)nn3)c2)N=C1c1ccc(OC)c(OC2CCCC2)c1. The highest BCUT2D eigenvalue weighted by atomic mass is 35.5. The first kappa shape index (κ1) is 27.4.